The maximum atomic E-state index is 9.94. The van der Waals surface area contributed by atoms with E-state index in [1.54, 1.807) is 7.11 Å². The molecule has 1 saturated heterocycles. The monoisotopic (exact) mass is 260 g/mol. The maximum Gasteiger partial charge on any atom is 0.0900 e. The summed E-state index contributed by atoms with van der Waals surface area (Å²) in [6.45, 7) is 7.57. The first kappa shape index (κ1) is 15.9. The summed E-state index contributed by atoms with van der Waals surface area (Å²) < 4.78 is 10.5. The third-order valence-corrected chi connectivity index (χ3v) is 3.21. The van der Waals surface area contributed by atoms with Gasteiger partial charge in [-0.1, -0.05) is 6.92 Å². The molecule has 0 aromatic carbocycles. The van der Waals surface area contributed by atoms with Crippen LogP contribution in [0.15, 0.2) is 0 Å². The second kappa shape index (κ2) is 8.07. The number of β-amino-alcohol motifs (C(OH)–C–C–N with tert-alkyl or cyclic N) is 1. The highest BCUT2D eigenvalue weighted by Crippen LogP contribution is 2.15. The highest BCUT2D eigenvalue weighted by Gasteiger charge is 2.23. The van der Waals surface area contributed by atoms with E-state index in [0.29, 0.717) is 25.7 Å². The summed E-state index contributed by atoms with van der Waals surface area (Å²) in [5, 5.41) is 9.94. The van der Waals surface area contributed by atoms with Crippen molar-refractivity contribution in [1.29, 1.82) is 0 Å². The van der Waals surface area contributed by atoms with Crippen LogP contribution in [0.1, 0.15) is 20.3 Å². The zero-order valence-electron chi connectivity index (χ0n) is 11.8. The van der Waals surface area contributed by atoms with Gasteiger partial charge in [0.1, 0.15) is 0 Å². The fraction of sp³-hybridized carbons (Fsp3) is 1.00. The smallest absolute Gasteiger partial charge is 0.0900 e. The maximum absolute atomic E-state index is 9.94. The summed E-state index contributed by atoms with van der Waals surface area (Å²) >= 11 is 0. The molecule has 4 unspecified atom stereocenters. The first-order valence-corrected chi connectivity index (χ1v) is 6.77. The van der Waals surface area contributed by atoms with Crippen LogP contribution in [0.25, 0.3) is 0 Å². The molecule has 4 atom stereocenters. The Balaban J connectivity index is 2.20. The van der Waals surface area contributed by atoms with Gasteiger partial charge in [0.2, 0.25) is 0 Å². The fourth-order valence-electron chi connectivity index (χ4n) is 2.57. The van der Waals surface area contributed by atoms with Crippen LogP contribution >= 0.6 is 0 Å². The largest absolute Gasteiger partial charge is 0.389 e. The lowest BCUT2D eigenvalue weighted by Gasteiger charge is -2.35. The normalized spacial score (nSPS) is 29.2. The number of methoxy groups -OCH3 is 1. The van der Waals surface area contributed by atoms with Crippen LogP contribution in [-0.2, 0) is 9.47 Å². The van der Waals surface area contributed by atoms with Crippen LogP contribution in [0, 0.1) is 5.92 Å². The van der Waals surface area contributed by atoms with Crippen molar-refractivity contribution in [1.82, 2.24) is 4.90 Å². The number of ether oxygens (including phenoxy) is 2. The minimum Gasteiger partial charge on any atom is -0.389 e. The molecule has 1 fully saturated rings. The fourth-order valence-corrected chi connectivity index (χ4v) is 2.57. The number of rotatable bonds is 7. The molecule has 1 rings (SSSR count). The average molecular weight is 260 g/mol. The molecule has 0 radical (unpaired) electrons. The van der Waals surface area contributed by atoms with Gasteiger partial charge in [-0.2, -0.15) is 0 Å². The Morgan fingerprint density at radius 1 is 1.39 bits per heavy atom. The molecule has 0 bridgehead atoms. The molecule has 3 N–H and O–H groups in total. The van der Waals surface area contributed by atoms with Crippen molar-refractivity contribution in [3.8, 4) is 0 Å². The van der Waals surface area contributed by atoms with Gasteiger partial charge in [0.25, 0.3) is 0 Å². The molecular weight excluding hydrogens is 232 g/mol. The van der Waals surface area contributed by atoms with Gasteiger partial charge >= 0.3 is 0 Å². The number of hydrogen-bond donors (Lipinski definition) is 2. The van der Waals surface area contributed by atoms with E-state index in [1.165, 1.54) is 0 Å². The summed E-state index contributed by atoms with van der Waals surface area (Å²) in [5.41, 5.74) is 5.98. The van der Waals surface area contributed by atoms with E-state index >= 15 is 0 Å². The van der Waals surface area contributed by atoms with Gasteiger partial charge in [-0.3, -0.25) is 4.90 Å². The van der Waals surface area contributed by atoms with E-state index in [-0.39, 0.29) is 12.1 Å². The molecule has 0 aromatic rings. The first-order valence-electron chi connectivity index (χ1n) is 6.77. The van der Waals surface area contributed by atoms with Crippen LogP contribution in [0.4, 0.5) is 0 Å². The highest BCUT2D eigenvalue weighted by molar-refractivity contribution is 4.80. The van der Waals surface area contributed by atoms with Gasteiger partial charge in [-0.25, -0.2) is 0 Å². The second-order valence-electron chi connectivity index (χ2n) is 5.57. The minimum atomic E-state index is -0.457. The van der Waals surface area contributed by atoms with E-state index in [0.717, 1.165) is 19.5 Å². The number of nitrogens with zero attached hydrogens (tertiary/aromatic N) is 1. The van der Waals surface area contributed by atoms with Crippen molar-refractivity contribution in [3.63, 3.8) is 0 Å². The summed E-state index contributed by atoms with van der Waals surface area (Å²) in [7, 11) is 1.65. The third kappa shape index (κ3) is 6.11. The molecule has 0 amide bonds. The van der Waals surface area contributed by atoms with Gasteiger partial charge in [0, 0.05) is 32.8 Å². The summed E-state index contributed by atoms with van der Waals surface area (Å²) in [6, 6.07) is 0.231. The van der Waals surface area contributed by atoms with Crippen molar-refractivity contribution in [2.45, 2.75) is 38.5 Å². The van der Waals surface area contributed by atoms with Crippen molar-refractivity contribution >= 4 is 0 Å². The van der Waals surface area contributed by atoms with Crippen molar-refractivity contribution in [2.75, 3.05) is 40.0 Å². The van der Waals surface area contributed by atoms with E-state index < -0.39 is 6.10 Å². The van der Waals surface area contributed by atoms with E-state index in [9.17, 15) is 5.11 Å². The number of aliphatic hydroxyl groups excluding tert-OH is 1. The molecule has 0 aromatic heterocycles. The van der Waals surface area contributed by atoms with Crippen molar-refractivity contribution in [2.24, 2.45) is 11.7 Å². The van der Waals surface area contributed by atoms with E-state index in [1.807, 2.05) is 6.92 Å². The van der Waals surface area contributed by atoms with Gasteiger partial charge in [0.05, 0.1) is 25.4 Å². The van der Waals surface area contributed by atoms with Crippen molar-refractivity contribution in [3.05, 3.63) is 0 Å². The predicted octanol–water partition coefficient (Wildman–Crippen LogP) is 0.0679. The quantitative estimate of drug-likeness (QED) is 0.678. The minimum absolute atomic E-state index is 0.0205. The lowest BCUT2D eigenvalue weighted by atomic mass is 9.96. The summed E-state index contributed by atoms with van der Waals surface area (Å²) in [4.78, 5) is 2.23. The van der Waals surface area contributed by atoms with Crippen LogP contribution < -0.4 is 5.73 Å². The number of nitrogens with two attached hydrogens (primary N) is 1. The Kier molecular flexibility index (Phi) is 7.11. The Morgan fingerprint density at radius 3 is 2.72 bits per heavy atom. The molecular formula is C13H28N2O3. The first-order chi connectivity index (χ1) is 8.51. The topological polar surface area (TPSA) is 68.0 Å². The lowest BCUT2D eigenvalue weighted by molar-refractivity contribution is -0.0426. The number of aliphatic hydroxyl groups is 1. The Hall–Kier alpha value is -0.200. The zero-order chi connectivity index (χ0) is 13.5. The number of piperidine rings is 1. The molecule has 1 heterocycles. The molecule has 0 aliphatic carbocycles. The van der Waals surface area contributed by atoms with E-state index in [2.05, 4.69) is 11.8 Å². The highest BCUT2D eigenvalue weighted by atomic mass is 16.5. The molecule has 0 spiro atoms. The summed E-state index contributed by atoms with van der Waals surface area (Å²) in [6.07, 6.45) is 0.641. The van der Waals surface area contributed by atoms with Crippen LogP contribution in [0.3, 0.4) is 0 Å². The van der Waals surface area contributed by atoms with Crippen molar-refractivity contribution < 1.29 is 14.6 Å². The lowest BCUT2D eigenvalue weighted by Crippen LogP contribution is -2.49. The molecule has 5 heteroatoms. The molecule has 5 nitrogen and oxygen atoms in total. The Morgan fingerprint density at radius 2 is 2.11 bits per heavy atom. The Labute approximate surface area is 110 Å². The SMILES string of the molecule is COCC(C)OCC(O)CN1CC(C)CC(N)C1. The van der Waals surface area contributed by atoms with Crippen LogP contribution in [0.2, 0.25) is 0 Å². The average Bonchev–Trinajstić information content (AvgIpc) is 2.25. The molecule has 1 aliphatic heterocycles. The van der Waals surface area contributed by atoms with Gasteiger partial charge in [-0.15, -0.1) is 0 Å². The number of hydrogen-bond acceptors (Lipinski definition) is 5. The molecule has 0 saturated carbocycles. The standard InChI is InChI=1S/C13H28N2O3/c1-10-4-12(14)6-15(5-10)7-13(16)9-18-11(2)8-17-3/h10-13,16H,4-9,14H2,1-3H3. The molecule has 108 valence electrons. The van der Waals surface area contributed by atoms with Crippen LogP contribution in [-0.4, -0.2) is 68.2 Å². The predicted molar refractivity (Wildman–Crippen MR) is 71.5 cm³/mol. The number of likely N-dealkylation sites (tertiary alicyclic amines) is 1. The molecule has 1 aliphatic rings. The van der Waals surface area contributed by atoms with Gasteiger partial charge in [-0.05, 0) is 19.3 Å². The third-order valence-electron chi connectivity index (χ3n) is 3.21. The molecule has 18 heavy (non-hydrogen) atoms. The summed E-state index contributed by atoms with van der Waals surface area (Å²) in [5.74, 6) is 0.606. The zero-order valence-corrected chi connectivity index (χ0v) is 11.8. The van der Waals surface area contributed by atoms with Gasteiger partial charge < -0.3 is 20.3 Å². The Bertz CT molecular complexity index is 218. The van der Waals surface area contributed by atoms with Crippen LogP contribution in [0.5, 0.6) is 0 Å². The van der Waals surface area contributed by atoms with Gasteiger partial charge in [0.15, 0.2) is 0 Å². The van der Waals surface area contributed by atoms with E-state index in [4.69, 9.17) is 15.2 Å². The second-order valence-corrected chi connectivity index (χ2v) is 5.57.